The van der Waals surface area contributed by atoms with Crippen molar-refractivity contribution in [3.8, 4) is 17.3 Å². The third-order valence-electron chi connectivity index (χ3n) is 6.04. The van der Waals surface area contributed by atoms with Gasteiger partial charge in [0.15, 0.2) is 5.78 Å². The van der Waals surface area contributed by atoms with Gasteiger partial charge >= 0.3 is 0 Å². The highest BCUT2D eigenvalue weighted by Gasteiger charge is 2.42. The van der Waals surface area contributed by atoms with Crippen molar-refractivity contribution in [3.63, 3.8) is 0 Å². The van der Waals surface area contributed by atoms with Crippen LogP contribution in [0.1, 0.15) is 35.8 Å². The standard InChI is InChI=1S/C25H19FN4O2/c26-17-8-6-15(7-9-17)24-19(13-29-30-24)22-18(12-27)25(28)32-21-11-16(10-20(31)23(21)22)14-4-2-1-3-5-14/h1-9,13,16,22H,10-11,28H2,(H,29,30)/t16-,22+/m0/s1. The molecule has 0 spiro atoms. The lowest BCUT2D eigenvalue weighted by molar-refractivity contribution is -0.117. The molecule has 158 valence electrons. The molecule has 7 heteroatoms. The third kappa shape index (κ3) is 3.26. The minimum atomic E-state index is -0.702. The van der Waals surface area contributed by atoms with Crippen LogP contribution in [0.4, 0.5) is 4.39 Å². The zero-order chi connectivity index (χ0) is 22.2. The number of allylic oxidation sites excluding steroid dienone is 3. The Morgan fingerprint density at radius 3 is 2.59 bits per heavy atom. The van der Waals surface area contributed by atoms with E-state index in [1.807, 2.05) is 30.3 Å². The molecule has 0 radical (unpaired) electrons. The number of nitrogens with one attached hydrogen (secondary N) is 1. The molecule has 1 aliphatic heterocycles. The van der Waals surface area contributed by atoms with Gasteiger partial charge in [-0.15, -0.1) is 0 Å². The van der Waals surface area contributed by atoms with E-state index in [4.69, 9.17) is 10.5 Å². The maximum absolute atomic E-state index is 13.4. The summed E-state index contributed by atoms with van der Waals surface area (Å²) in [6.45, 7) is 0. The van der Waals surface area contributed by atoms with Crippen molar-refractivity contribution in [1.29, 1.82) is 5.26 Å². The van der Waals surface area contributed by atoms with Crippen LogP contribution >= 0.6 is 0 Å². The van der Waals surface area contributed by atoms with Gasteiger partial charge < -0.3 is 10.5 Å². The van der Waals surface area contributed by atoms with Crippen LogP contribution < -0.4 is 5.73 Å². The van der Waals surface area contributed by atoms with Gasteiger partial charge in [0, 0.05) is 29.5 Å². The third-order valence-corrected chi connectivity index (χ3v) is 6.04. The van der Waals surface area contributed by atoms with E-state index in [0.29, 0.717) is 41.0 Å². The second-order valence-electron chi connectivity index (χ2n) is 7.91. The summed E-state index contributed by atoms with van der Waals surface area (Å²) in [4.78, 5) is 13.4. The molecular formula is C25H19FN4O2. The number of halogens is 1. The quantitative estimate of drug-likeness (QED) is 0.645. The zero-order valence-electron chi connectivity index (χ0n) is 17.0. The lowest BCUT2D eigenvalue weighted by Gasteiger charge is -2.34. The Morgan fingerprint density at radius 2 is 1.88 bits per heavy atom. The Morgan fingerprint density at radius 1 is 1.12 bits per heavy atom. The van der Waals surface area contributed by atoms with Crippen LogP contribution in [0.2, 0.25) is 0 Å². The van der Waals surface area contributed by atoms with Crippen LogP contribution in [-0.4, -0.2) is 16.0 Å². The highest BCUT2D eigenvalue weighted by Crippen LogP contribution is 2.48. The average molecular weight is 426 g/mol. The fraction of sp³-hybridized carbons (Fsp3) is 0.160. The van der Waals surface area contributed by atoms with Crippen molar-refractivity contribution in [2.75, 3.05) is 0 Å². The first-order valence-electron chi connectivity index (χ1n) is 10.2. The number of carbonyl (C=O) groups is 1. The number of carbonyl (C=O) groups excluding carboxylic acids is 1. The molecule has 32 heavy (non-hydrogen) atoms. The van der Waals surface area contributed by atoms with E-state index in [2.05, 4.69) is 16.3 Å². The molecule has 2 aliphatic rings. The number of nitriles is 1. The van der Waals surface area contributed by atoms with E-state index in [0.717, 1.165) is 5.56 Å². The van der Waals surface area contributed by atoms with Gasteiger partial charge in [0.25, 0.3) is 0 Å². The van der Waals surface area contributed by atoms with Crippen LogP contribution in [0.15, 0.2) is 83.6 Å². The summed E-state index contributed by atoms with van der Waals surface area (Å²) in [5.74, 6) is -0.696. The van der Waals surface area contributed by atoms with Gasteiger partial charge in [-0.3, -0.25) is 9.89 Å². The van der Waals surface area contributed by atoms with Crippen molar-refractivity contribution in [3.05, 3.63) is 101 Å². The molecule has 1 aliphatic carbocycles. The Bertz CT molecular complexity index is 1300. The zero-order valence-corrected chi connectivity index (χ0v) is 17.0. The highest BCUT2D eigenvalue weighted by molar-refractivity contribution is 6.00. The molecule has 2 heterocycles. The van der Waals surface area contributed by atoms with E-state index in [1.165, 1.54) is 12.1 Å². The summed E-state index contributed by atoms with van der Waals surface area (Å²) in [6, 6.07) is 17.9. The molecule has 0 unspecified atom stereocenters. The fourth-order valence-corrected chi connectivity index (χ4v) is 4.54. The number of nitrogens with two attached hydrogens (primary N) is 1. The summed E-state index contributed by atoms with van der Waals surface area (Å²) in [5.41, 5.74) is 9.71. The molecule has 0 amide bonds. The number of H-pyrrole nitrogens is 1. The highest BCUT2D eigenvalue weighted by atomic mass is 19.1. The van der Waals surface area contributed by atoms with Crippen molar-refractivity contribution >= 4 is 5.78 Å². The predicted molar refractivity (Wildman–Crippen MR) is 115 cm³/mol. The molecule has 0 saturated carbocycles. The first kappa shape index (κ1) is 19.8. The Kier molecular flexibility index (Phi) is 4.83. The van der Waals surface area contributed by atoms with E-state index in [-0.39, 0.29) is 29.0 Å². The maximum Gasteiger partial charge on any atom is 0.205 e. The number of rotatable bonds is 3. The topological polar surface area (TPSA) is 105 Å². The second kappa shape index (κ2) is 7.82. The van der Waals surface area contributed by atoms with Gasteiger partial charge in [-0.1, -0.05) is 30.3 Å². The summed E-state index contributed by atoms with van der Waals surface area (Å²) < 4.78 is 19.3. The monoisotopic (exact) mass is 426 g/mol. The van der Waals surface area contributed by atoms with Crippen molar-refractivity contribution < 1.29 is 13.9 Å². The van der Waals surface area contributed by atoms with Crippen molar-refractivity contribution in [2.24, 2.45) is 5.73 Å². The molecule has 0 bridgehead atoms. The second-order valence-corrected chi connectivity index (χ2v) is 7.91. The minimum absolute atomic E-state index is 0.0102. The first-order valence-corrected chi connectivity index (χ1v) is 10.2. The SMILES string of the molecule is N#CC1=C(N)OC2=C(C(=O)C[C@H](c3ccccc3)C2)[C@H]1c1cn[nH]c1-c1ccc(F)cc1. The fourth-order valence-electron chi connectivity index (χ4n) is 4.54. The Hall–Kier alpha value is -4.18. The molecule has 1 aromatic heterocycles. The number of aromatic nitrogens is 2. The molecule has 5 rings (SSSR count). The van der Waals surface area contributed by atoms with Crippen molar-refractivity contribution in [1.82, 2.24) is 10.2 Å². The molecule has 3 N–H and O–H groups in total. The van der Waals surface area contributed by atoms with Gasteiger partial charge in [-0.05, 0) is 35.7 Å². The van der Waals surface area contributed by atoms with Gasteiger partial charge in [0.1, 0.15) is 23.2 Å². The predicted octanol–water partition coefficient (Wildman–Crippen LogP) is 4.42. The number of ketones is 1. The molecule has 0 saturated heterocycles. The van der Waals surface area contributed by atoms with Crippen LogP contribution in [0.3, 0.4) is 0 Å². The largest absolute Gasteiger partial charge is 0.444 e. The molecule has 0 fully saturated rings. The van der Waals surface area contributed by atoms with Crippen molar-refractivity contribution in [2.45, 2.75) is 24.7 Å². The van der Waals surface area contributed by atoms with Crippen LogP contribution in [-0.2, 0) is 9.53 Å². The normalized spacial score (nSPS) is 20.6. The van der Waals surface area contributed by atoms with Crippen LogP contribution in [0.5, 0.6) is 0 Å². The molecule has 2 aromatic carbocycles. The average Bonchev–Trinajstić information content (AvgIpc) is 3.28. The summed E-state index contributed by atoms with van der Waals surface area (Å²) in [5, 5.41) is 16.9. The Balaban J connectivity index is 1.62. The first-order chi connectivity index (χ1) is 15.6. The van der Waals surface area contributed by atoms with E-state index >= 15 is 0 Å². The summed E-state index contributed by atoms with van der Waals surface area (Å²) in [7, 11) is 0. The van der Waals surface area contributed by atoms with Crippen LogP contribution in [0.25, 0.3) is 11.3 Å². The van der Waals surface area contributed by atoms with E-state index < -0.39 is 5.92 Å². The smallest absolute Gasteiger partial charge is 0.205 e. The van der Waals surface area contributed by atoms with Gasteiger partial charge in [0.05, 0.1) is 17.8 Å². The lowest BCUT2D eigenvalue weighted by atomic mass is 9.73. The number of nitrogens with zero attached hydrogens (tertiary/aromatic N) is 2. The van der Waals surface area contributed by atoms with Crippen LogP contribution in [0, 0.1) is 17.1 Å². The van der Waals surface area contributed by atoms with Gasteiger partial charge in [-0.25, -0.2) is 4.39 Å². The van der Waals surface area contributed by atoms with Gasteiger partial charge in [0.2, 0.25) is 5.88 Å². The number of Topliss-reactive ketones (excluding diaryl/α,β-unsaturated/α-hetero) is 1. The molecule has 6 nitrogen and oxygen atoms in total. The number of hydrogen-bond acceptors (Lipinski definition) is 5. The van der Waals surface area contributed by atoms with E-state index in [1.54, 1.807) is 18.3 Å². The lowest BCUT2D eigenvalue weighted by Crippen LogP contribution is -2.30. The molecule has 2 atom stereocenters. The molecule has 3 aromatic rings. The maximum atomic E-state index is 13.4. The number of ether oxygens (including phenoxy) is 1. The van der Waals surface area contributed by atoms with Gasteiger partial charge in [-0.2, -0.15) is 10.4 Å². The minimum Gasteiger partial charge on any atom is -0.444 e. The number of benzene rings is 2. The van der Waals surface area contributed by atoms with E-state index in [9.17, 15) is 14.4 Å². The molecular weight excluding hydrogens is 407 g/mol. The summed E-state index contributed by atoms with van der Waals surface area (Å²) in [6.07, 6.45) is 2.40. The Labute approximate surface area is 183 Å². The number of aromatic amines is 1. The summed E-state index contributed by atoms with van der Waals surface area (Å²) >= 11 is 0. The number of hydrogen-bond donors (Lipinski definition) is 2.